The summed E-state index contributed by atoms with van der Waals surface area (Å²) in [6.07, 6.45) is 12.6. The van der Waals surface area contributed by atoms with E-state index in [4.69, 9.17) is 24.4 Å². The van der Waals surface area contributed by atoms with Crippen LogP contribution in [0.4, 0.5) is 0 Å². The van der Waals surface area contributed by atoms with Gasteiger partial charge in [0.05, 0.1) is 0 Å². The highest BCUT2D eigenvalue weighted by Gasteiger charge is 2.16. The number of aliphatic imine (C=N–C) groups is 2. The first-order valence-corrected chi connectivity index (χ1v) is 23.9. The standard InChI is InChI=1S/C58H54N6O2S/c1-41(2)59-57(65-52-31-27-50(28-32-52)46-13-7-4-8-14-46)60-42(3)37-43-19-23-48(24-20-43)49-25-21-44(22-26-49)38-55-61-56(39-45-35-36-64(40-45)67-54-17-11-6-12-18-54)63-58(62-55)66-53-33-29-51(30-34-53)47-15-9-5-10-16-47/h4-5,7-10,13-16,19-36,40,54H,3,6,11-12,17-18,37-39H2,1-2H3. The van der Waals surface area contributed by atoms with Crippen LogP contribution in [0.15, 0.2) is 198 Å². The average molecular weight is 899 g/mol. The van der Waals surface area contributed by atoms with Crippen LogP contribution in [0.25, 0.3) is 33.4 Å². The van der Waals surface area contributed by atoms with Crippen LogP contribution < -0.4 is 9.47 Å². The molecule has 1 fully saturated rings. The van der Waals surface area contributed by atoms with Crippen molar-refractivity contribution in [3.63, 3.8) is 0 Å². The largest absolute Gasteiger partial charge is 0.424 e. The zero-order chi connectivity index (χ0) is 45.8. The molecule has 334 valence electrons. The molecular weight excluding hydrogens is 845 g/mol. The lowest BCUT2D eigenvalue weighted by atomic mass is 10.0. The summed E-state index contributed by atoms with van der Waals surface area (Å²) in [5, 5.41) is 0.671. The van der Waals surface area contributed by atoms with Gasteiger partial charge >= 0.3 is 12.0 Å². The fourth-order valence-electron chi connectivity index (χ4n) is 8.15. The van der Waals surface area contributed by atoms with Crippen LogP contribution >= 0.6 is 11.9 Å². The molecule has 0 unspecified atom stereocenters. The van der Waals surface area contributed by atoms with E-state index in [1.54, 1.807) is 0 Å². The SMILES string of the molecule is C=C(Cc1ccc(-c2ccc(Cc3nc(Cc4ccn(SC5CCCCC5)c4)nc(Oc4ccc(-c5ccccc5)cc4)n3)cc2)cc1)N=C(N=C(C)C)Oc1ccc(-c2ccccc2)cc1. The van der Waals surface area contributed by atoms with Crippen molar-refractivity contribution in [3.05, 3.63) is 217 Å². The fraction of sp³-hybridized carbons (Fsp3) is 0.190. The molecule has 0 spiro atoms. The first kappa shape index (κ1) is 44.8. The Balaban J connectivity index is 0.861. The van der Waals surface area contributed by atoms with Gasteiger partial charge in [0.15, 0.2) is 0 Å². The van der Waals surface area contributed by atoms with Crippen LogP contribution in [-0.4, -0.2) is 35.9 Å². The molecule has 9 rings (SSSR count). The number of nitrogens with zero attached hydrogens (tertiary/aromatic N) is 6. The van der Waals surface area contributed by atoms with Crippen LogP contribution in [0.2, 0.25) is 0 Å². The molecule has 0 amide bonds. The Morgan fingerprint density at radius 3 is 1.64 bits per heavy atom. The summed E-state index contributed by atoms with van der Waals surface area (Å²) in [4.78, 5) is 23.9. The van der Waals surface area contributed by atoms with Crippen LogP contribution in [0, 0.1) is 0 Å². The third kappa shape index (κ3) is 12.7. The molecule has 0 atom stereocenters. The van der Waals surface area contributed by atoms with Gasteiger partial charge in [-0.3, -0.25) is 3.97 Å². The summed E-state index contributed by atoms with van der Waals surface area (Å²) >= 11 is 1.93. The summed E-state index contributed by atoms with van der Waals surface area (Å²) in [5.41, 5.74) is 11.6. The lowest BCUT2D eigenvalue weighted by Crippen LogP contribution is -2.09. The lowest BCUT2D eigenvalue weighted by molar-refractivity contribution is 0.433. The summed E-state index contributed by atoms with van der Waals surface area (Å²) in [7, 11) is 0. The van der Waals surface area contributed by atoms with Gasteiger partial charge in [-0.25, -0.2) is 15.0 Å². The fourth-order valence-corrected chi connectivity index (χ4v) is 9.37. The van der Waals surface area contributed by atoms with Crippen LogP contribution in [0.1, 0.15) is 74.3 Å². The molecule has 1 aliphatic carbocycles. The molecule has 8 nitrogen and oxygen atoms in total. The third-order valence-corrected chi connectivity index (χ3v) is 12.8. The Bertz CT molecular complexity index is 2940. The summed E-state index contributed by atoms with van der Waals surface area (Å²) in [6, 6.07) is 56.4. The third-order valence-electron chi connectivity index (χ3n) is 11.5. The summed E-state index contributed by atoms with van der Waals surface area (Å²) in [6.45, 7) is 8.09. The van der Waals surface area contributed by atoms with Crippen molar-refractivity contribution < 1.29 is 9.47 Å². The Hall–Kier alpha value is -7.36. The Morgan fingerprint density at radius 2 is 1.07 bits per heavy atom. The van der Waals surface area contributed by atoms with E-state index in [1.165, 1.54) is 32.1 Å². The van der Waals surface area contributed by atoms with Crippen molar-refractivity contribution in [2.45, 2.75) is 70.5 Å². The van der Waals surface area contributed by atoms with Gasteiger partial charge in [-0.2, -0.15) is 9.97 Å². The lowest BCUT2D eigenvalue weighted by Gasteiger charge is -2.20. The Labute approximate surface area is 398 Å². The zero-order valence-corrected chi connectivity index (χ0v) is 38.9. The van der Waals surface area contributed by atoms with E-state index in [0.29, 0.717) is 59.4 Å². The highest BCUT2D eigenvalue weighted by Crippen LogP contribution is 2.31. The molecule has 0 radical (unpaired) electrons. The van der Waals surface area contributed by atoms with Gasteiger partial charge in [-0.1, -0.05) is 159 Å². The molecule has 0 N–H and O–H groups in total. The van der Waals surface area contributed by atoms with Crippen molar-refractivity contribution in [2.75, 3.05) is 0 Å². The molecule has 8 aromatic rings. The smallest absolute Gasteiger partial charge is 0.325 e. The van der Waals surface area contributed by atoms with Crippen molar-refractivity contribution in [1.82, 2.24) is 18.9 Å². The molecule has 0 bridgehead atoms. The summed E-state index contributed by atoms with van der Waals surface area (Å²) < 4.78 is 14.7. The first-order valence-electron chi connectivity index (χ1n) is 23.0. The molecule has 2 aromatic heterocycles. The predicted octanol–water partition coefficient (Wildman–Crippen LogP) is 14.4. The maximum absolute atomic E-state index is 6.32. The molecule has 2 heterocycles. The second-order valence-electron chi connectivity index (χ2n) is 17.1. The molecule has 0 aliphatic heterocycles. The van der Waals surface area contributed by atoms with Crippen LogP contribution in [-0.2, 0) is 19.3 Å². The minimum Gasteiger partial charge on any atom is -0.424 e. The molecular formula is C58H54N6O2S. The van der Waals surface area contributed by atoms with Gasteiger partial charge < -0.3 is 9.47 Å². The first-order chi connectivity index (χ1) is 32.8. The second-order valence-corrected chi connectivity index (χ2v) is 18.4. The van der Waals surface area contributed by atoms with Gasteiger partial charge in [-0.05, 0) is 119 Å². The molecule has 1 aliphatic rings. The topological polar surface area (TPSA) is 86.8 Å². The number of amidine groups is 1. The normalized spacial score (nSPS) is 13.0. The van der Waals surface area contributed by atoms with Gasteiger partial charge in [0.2, 0.25) is 0 Å². The van der Waals surface area contributed by atoms with E-state index in [2.05, 4.69) is 124 Å². The number of rotatable bonds is 15. The van der Waals surface area contributed by atoms with E-state index in [9.17, 15) is 0 Å². The van der Waals surface area contributed by atoms with Crippen molar-refractivity contribution >= 4 is 23.7 Å². The zero-order valence-electron chi connectivity index (χ0n) is 38.1. The molecule has 6 aromatic carbocycles. The van der Waals surface area contributed by atoms with Crippen molar-refractivity contribution in [3.8, 4) is 50.9 Å². The number of hydrogen-bond acceptors (Lipinski definition) is 7. The highest BCUT2D eigenvalue weighted by molar-refractivity contribution is 7.98. The van der Waals surface area contributed by atoms with E-state index >= 15 is 0 Å². The number of hydrogen-bond donors (Lipinski definition) is 0. The molecule has 1 saturated carbocycles. The monoisotopic (exact) mass is 898 g/mol. The maximum atomic E-state index is 6.32. The van der Waals surface area contributed by atoms with Gasteiger partial charge in [0, 0.05) is 48.3 Å². The highest BCUT2D eigenvalue weighted by atomic mass is 32.2. The van der Waals surface area contributed by atoms with Crippen molar-refractivity contribution in [2.24, 2.45) is 9.98 Å². The van der Waals surface area contributed by atoms with Crippen LogP contribution in [0.5, 0.6) is 17.5 Å². The minimum atomic E-state index is 0.263. The van der Waals surface area contributed by atoms with Gasteiger partial charge in [0.25, 0.3) is 0 Å². The molecule has 9 heteroatoms. The average Bonchev–Trinajstić information content (AvgIpc) is 3.79. The molecule has 67 heavy (non-hydrogen) atoms. The second kappa shape index (κ2) is 21.8. The quantitative estimate of drug-likeness (QED) is 0.0752. The van der Waals surface area contributed by atoms with E-state index in [1.807, 2.05) is 98.6 Å². The number of benzene rings is 6. The predicted molar refractivity (Wildman–Crippen MR) is 275 cm³/mol. The van der Waals surface area contributed by atoms with Gasteiger partial charge in [-0.15, -0.1) is 0 Å². The van der Waals surface area contributed by atoms with E-state index < -0.39 is 0 Å². The number of allylic oxidation sites excluding steroid dienone is 1. The van der Waals surface area contributed by atoms with E-state index in [-0.39, 0.29) is 6.02 Å². The Kier molecular flexibility index (Phi) is 14.6. The van der Waals surface area contributed by atoms with Crippen molar-refractivity contribution in [1.29, 1.82) is 0 Å². The Morgan fingerprint density at radius 1 is 0.567 bits per heavy atom. The van der Waals surface area contributed by atoms with Gasteiger partial charge in [0.1, 0.15) is 23.1 Å². The maximum Gasteiger partial charge on any atom is 0.325 e. The molecule has 0 saturated heterocycles. The summed E-state index contributed by atoms with van der Waals surface area (Å²) in [5.74, 6) is 2.67. The minimum absolute atomic E-state index is 0.263. The van der Waals surface area contributed by atoms with E-state index in [0.717, 1.165) is 55.8 Å². The number of aromatic nitrogens is 4. The number of ether oxygens (including phenoxy) is 2. The van der Waals surface area contributed by atoms with Crippen LogP contribution in [0.3, 0.4) is 0 Å².